The molecule has 0 aliphatic rings. The maximum absolute atomic E-state index is 12.0. The van der Waals surface area contributed by atoms with Crippen LogP contribution in [0, 0.1) is 0 Å². The van der Waals surface area contributed by atoms with Crippen molar-refractivity contribution in [3.8, 4) is 0 Å². The van der Waals surface area contributed by atoms with Crippen molar-refractivity contribution in [2.75, 3.05) is 16.4 Å². The van der Waals surface area contributed by atoms with Gasteiger partial charge < -0.3 is 16.4 Å². The average molecular weight is 283 g/mol. The molecule has 0 aliphatic carbocycles. The molecule has 0 aliphatic heterocycles. The van der Waals surface area contributed by atoms with E-state index in [1.165, 1.54) is 5.56 Å². The number of benzene rings is 2. The van der Waals surface area contributed by atoms with Crippen LogP contribution in [0.25, 0.3) is 0 Å². The summed E-state index contributed by atoms with van der Waals surface area (Å²) in [6.07, 6.45) is 0. The minimum absolute atomic E-state index is 0.0437. The molecular weight excluding hydrogens is 262 g/mol. The summed E-state index contributed by atoms with van der Waals surface area (Å²) >= 11 is 0. The normalized spacial score (nSPS) is 11.0. The highest BCUT2D eigenvalue weighted by molar-refractivity contribution is 6.00. The summed E-state index contributed by atoms with van der Waals surface area (Å²) in [5, 5.41) is 5.59. The van der Waals surface area contributed by atoms with Crippen LogP contribution >= 0.6 is 0 Å². The molecule has 110 valence electrons. The van der Waals surface area contributed by atoms with Gasteiger partial charge in [0.1, 0.15) is 0 Å². The van der Waals surface area contributed by atoms with Gasteiger partial charge in [0.05, 0.1) is 0 Å². The zero-order valence-corrected chi connectivity index (χ0v) is 12.6. The fourth-order valence-corrected chi connectivity index (χ4v) is 1.97. The van der Waals surface area contributed by atoms with Gasteiger partial charge in [-0.15, -0.1) is 0 Å². The second-order valence-electron chi connectivity index (χ2n) is 6.04. The zero-order valence-electron chi connectivity index (χ0n) is 12.6. The highest BCUT2D eigenvalue weighted by Gasteiger charge is 2.14. The molecule has 4 heteroatoms. The lowest BCUT2D eigenvalue weighted by Gasteiger charge is -2.20. The van der Waals surface area contributed by atoms with Crippen molar-refractivity contribution >= 4 is 23.1 Å². The molecule has 4 N–H and O–H groups in total. The van der Waals surface area contributed by atoms with Gasteiger partial charge in [-0.1, -0.05) is 39.0 Å². The minimum atomic E-state index is -0.286. The minimum Gasteiger partial charge on any atom is -0.399 e. The van der Waals surface area contributed by atoms with E-state index in [1.54, 1.807) is 24.3 Å². The molecule has 2 amide bonds. The number of carbonyl (C=O) groups is 1. The lowest BCUT2D eigenvalue weighted by Crippen LogP contribution is -2.20. The first kappa shape index (κ1) is 14.9. The molecule has 0 saturated heterocycles. The third kappa shape index (κ3) is 4.24. The van der Waals surface area contributed by atoms with E-state index in [9.17, 15) is 4.79 Å². The molecule has 2 aromatic carbocycles. The molecule has 0 saturated carbocycles. The molecule has 4 nitrogen and oxygen atoms in total. The van der Waals surface area contributed by atoms with Gasteiger partial charge in [0, 0.05) is 17.1 Å². The number of urea groups is 1. The predicted molar refractivity (Wildman–Crippen MR) is 88.6 cm³/mol. The number of carbonyl (C=O) groups excluding carboxylic acids is 1. The molecule has 0 atom stereocenters. The van der Waals surface area contributed by atoms with Gasteiger partial charge in [0.2, 0.25) is 0 Å². The van der Waals surface area contributed by atoms with E-state index in [-0.39, 0.29) is 11.4 Å². The van der Waals surface area contributed by atoms with Crippen molar-refractivity contribution in [3.63, 3.8) is 0 Å². The number of nitrogen functional groups attached to an aromatic ring is 1. The largest absolute Gasteiger partial charge is 0.399 e. The molecule has 0 unspecified atom stereocenters. The molecule has 2 rings (SSSR count). The van der Waals surface area contributed by atoms with Crippen LogP contribution in [0.3, 0.4) is 0 Å². The van der Waals surface area contributed by atoms with E-state index in [0.717, 1.165) is 5.69 Å². The smallest absolute Gasteiger partial charge is 0.323 e. The number of amides is 2. The van der Waals surface area contributed by atoms with Gasteiger partial charge in [-0.2, -0.15) is 0 Å². The Labute approximate surface area is 125 Å². The molecular formula is C17H21N3O. The van der Waals surface area contributed by atoms with Crippen LogP contribution in [0.4, 0.5) is 21.9 Å². The highest BCUT2D eigenvalue weighted by Crippen LogP contribution is 2.24. The Morgan fingerprint density at radius 3 is 2.10 bits per heavy atom. The third-order valence-corrected chi connectivity index (χ3v) is 3.13. The topological polar surface area (TPSA) is 67.2 Å². The molecule has 0 spiro atoms. The first-order chi connectivity index (χ1) is 9.84. The van der Waals surface area contributed by atoms with Crippen molar-refractivity contribution in [2.45, 2.75) is 26.2 Å². The second kappa shape index (κ2) is 5.87. The molecule has 0 heterocycles. The number of hydrogen-bond acceptors (Lipinski definition) is 2. The van der Waals surface area contributed by atoms with E-state index in [1.807, 2.05) is 18.2 Å². The fraction of sp³-hybridized carbons (Fsp3) is 0.235. The Hall–Kier alpha value is -2.49. The lowest BCUT2D eigenvalue weighted by molar-refractivity contribution is 0.262. The summed E-state index contributed by atoms with van der Waals surface area (Å²) in [7, 11) is 0. The Morgan fingerprint density at radius 1 is 0.952 bits per heavy atom. The van der Waals surface area contributed by atoms with Crippen molar-refractivity contribution < 1.29 is 4.79 Å². The predicted octanol–water partition coefficient (Wildman–Crippen LogP) is 4.21. The van der Waals surface area contributed by atoms with Crippen LogP contribution in [0.1, 0.15) is 26.3 Å². The molecule has 0 bridgehead atoms. The van der Waals surface area contributed by atoms with Crippen LogP contribution in [-0.2, 0) is 5.41 Å². The van der Waals surface area contributed by atoms with Crippen molar-refractivity contribution in [2.24, 2.45) is 0 Å². The van der Waals surface area contributed by atoms with Crippen LogP contribution in [0.15, 0.2) is 48.5 Å². The number of hydrogen-bond donors (Lipinski definition) is 3. The number of rotatable bonds is 2. The van der Waals surface area contributed by atoms with Gasteiger partial charge in [-0.25, -0.2) is 4.79 Å². The van der Waals surface area contributed by atoms with E-state index >= 15 is 0 Å². The summed E-state index contributed by atoms with van der Waals surface area (Å²) < 4.78 is 0. The number of nitrogens with one attached hydrogen (secondary N) is 2. The first-order valence-electron chi connectivity index (χ1n) is 6.89. The Kier molecular flexibility index (Phi) is 4.17. The van der Waals surface area contributed by atoms with E-state index in [4.69, 9.17) is 5.73 Å². The molecule has 0 fully saturated rings. The Bertz CT molecular complexity index is 644. The Balaban J connectivity index is 2.06. The van der Waals surface area contributed by atoms with Gasteiger partial charge in [-0.05, 0) is 41.3 Å². The van der Waals surface area contributed by atoms with E-state index < -0.39 is 0 Å². The van der Waals surface area contributed by atoms with Gasteiger partial charge in [0.15, 0.2) is 0 Å². The molecule has 2 aromatic rings. The Morgan fingerprint density at radius 2 is 1.52 bits per heavy atom. The summed E-state index contributed by atoms with van der Waals surface area (Å²) in [5.74, 6) is 0. The summed E-state index contributed by atoms with van der Waals surface area (Å²) in [6.45, 7) is 6.41. The number of anilines is 3. The number of nitrogens with two attached hydrogens (primary N) is 1. The van der Waals surface area contributed by atoms with Crippen molar-refractivity contribution in [3.05, 3.63) is 54.1 Å². The van der Waals surface area contributed by atoms with E-state index in [2.05, 4.69) is 37.5 Å². The second-order valence-corrected chi connectivity index (χ2v) is 6.04. The standard InChI is InChI=1S/C17H21N3O/c1-17(2,3)12-6-4-8-14(10-12)19-16(21)20-15-9-5-7-13(18)11-15/h4-11H,18H2,1-3H3,(H2,19,20,21). The van der Waals surface area contributed by atoms with Crippen LogP contribution in [0.5, 0.6) is 0 Å². The maximum Gasteiger partial charge on any atom is 0.323 e. The molecule has 0 aromatic heterocycles. The molecule has 21 heavy (non-hydrogen) atoms. The van der Waals surface area contributed by atoms with Crippen molar-refractivity contribution in [1.29, 1.82) is 0 Å². The van der Waals surface area contributed by atoms with Gasteiger partial charge >= 0.3 is 6.03 Å². The summed E-state index contributed by atoms with van der Waals surface area (Å²) in [5.41, 5.74) is 8.94. The van der Waals surface area contributed by atoms with Gasteiger partial charge in [0.25, 0.3) is 0 Å². The molecule has 0 radical (unpaired) electrons. The van der Waals surface area contributed by atoms with Gasteiger partial charge in [-0.3, -0.25) is 0 Å². The SMILES string of the molecule is CC(C)(C)c1cccc(NC(=O)Nc2cccc(N)c2)c1. The highest BCUT2D eigenvalue weighted by atomic mass is 16.2. The lowest BCUT2D eigenvalue weighted by atomic mass is 9.87. The zero-order chi connectivity index (χ0) is 15.5. The van der Waals surface area contributed by atoms with E-state index in [0.29, 0.717) is 11.4 Å². The average Bonchev–Trinajstić information content (AvgIpc) is 2.37. The van der Waals surface area contributed by atoms with Crippen LogP contribution in [-0.4, -0.2) is 6.03 Å². The first-order valence-corrected chi connectivity index (χ1v) is 6.89. The third-order valence-electron chi connectivity index (χ3n) is 3.13. The van der Waals surface area contributed by atoms with Crippen LogP contribution in [0.2, 0.25) is 0 Å². The summed E-state index contributed by atoms with van der Waals surface area (Å²) in [6, 6.07) is 14.6. The monoisotopic (exact) mass is 283 g/mol. The summed E-state index contributed by atoms with van der Waals surface area (Å²) in [4.78, 5) is 12.0. The van der Waals surface area contributed by atoms with Crippen LogP contribution < -0.4 is 16.4 Å². The quantitative estimate of drug-likeness (QED) is 0.723. The van der Waals surface area contributed by atoms with Crippen molar-refractivity contribution in [1.82, 2.24) is 0 Å². The fourth-order valence-electron chi connectivity index (χ4n) is 1.97. The maximum atomic E-state index is 12.0.